The van der Waals surface area contributed by atoms with Crippen molar-refractivity contribution in [1.82, 2.24) is 14.9 Å². The van der Waals surface area contributed by atoms with Gasteiger partial charge in [0.1, 0.15) is 0 Å². The van der Waals surface area contributed by atoms with Crippen LogP contribution in [-0.2, 0) is 16.6 Å². The van der Waals surface area contributed by atoms with Gasteiger partial charge in [0.2, 0.25) is 0 Å². The SMILES string of the molecule is CN(c1cccc(C(=O)NCCCn2ccnc2)c1)S(=O)(=O)c1ccc(Cl)cc1. The molecule has 29 heavy (non-hydrogen) atoms. The number of aromatic nitrogens is 2. The molecule has 0 aliphatic carbocycles. The molecule has 0 atom stereocenters. The minimum atomic E-state index is -3.76. The van der Waals surface area contributed by atoms with Gasteiger partial charge in [-0.1, -0.05) is 17.7 Å². The first-order chi connectivity index (χ1) is 13.9. The fourth-order valence-electron chi connectivity index (χ4n) is 2.73. The number of nitrogens with zero attached hydrogens (tertiary/aromatic N) is 3. The van der Waals surface area contributed by atoms with E-state index in [2.05, 4.69) is 10.3 Å². The Kier molecular flexibility index (Phi) is 6.56. The average molecular weight is 433 g/mol. The molecule has 0 aliphatic heterocycles. The number of hydrogen-bond donors (Lipinski definition) is 1. The zero-order valence-corrected chi connectivity index (χ0v) is 17.4. The van der Waals surface area contributed by atoms with Crippen LogP contribution in [0.25, 0.3) is 0 Å². The molecule has 1 amide bonds. The average Bonchev–Trinajstić information content (AvgIpc) is 3.24. The molecule has 0 saturated heterocycles. The molecule has 7 nitrogen and oxygen atoms in total. The van der Waals surface area contributed by atoms with E-state index in [-0.39, 0.29) is 10.8 Å². The summed E-state index contributed by atoms with van der Waals surface area (Å²) >= 11 is 5.84. The molecule has 0 radical (unpaired) electrons. The predicted molar refractivity (Wildman–Crippen MR) is 113 cm³/mol. The number of rotatable bonds is 8. The van der Waals surface area contributed by atoms with Crippen LogP contribution in [0.5, 0.6) is 0 Å². The van der Waals surface area contributed by atoms with Crippen molar-refractivity contribution in [2.24, 2.45) is 0 Å². The number of amides is 1. The summed E-state index contributed by atoms with van der Waals surface area (Å²) in [7, 11) is -2.31. The molecule has 9 heteroatoms. The molecule has 0 bridgehead atoms. The normalized spacial score (nSPS) is 11.2. The van der Waals surface area contributed by atoms with Crippen molar-refractivity contribution in [2.75, 3.05) is 17.9 Å². The first-order valence-electron chi connectivity index (χ1n) is 8.96. The molecule has 3 aromatic rings. The van der Waals surface area contributed by atoms with Crippen LogP contribution in [0.15, 0.2) is 72.1 Å². The number of aryl methyl sites for hydroxylation is 1. The van der Waals surface area contributed by atoms with Gasteiger partial charge in [-0.25, -0.2) is 13.4 Å². The Bertz CT molecular complexity index is 1070. The Morgan fingerprint density at radius 1 is 1.21 bits per heavy atom. The van der Waals surface area contributed by atoms with Crippen LogP contribution in [-0.4, -0.2) is 37.5 Å². The number of imidazole rings is 1. The molecule has 0 unspecified atom stereocenters. The van der Waals surface area contributed by atoms with Crippen LogP contribution >= 0.6 is 11.6 Å². The summed E-state index contributed by atoms with van der Waals surface area (Å²) in [5.74, 6) is -0.255. The lowest BCUT2D eigenvalue weighted by atomic mass is 10.2. The molecule has 0 saturated carbocycles. The molecule has 0 aliphatic rings. The summed E-state index contributed by atoms with van der Waals surface area (Å²) in [5.41, 5.74) is 0.786. The number of nitrogens with one attached hydrogen (secondary N) is 1. The second-order valence-electron chi connectivity index (χ2n) is 6.39. The van der Waals surface area contributed by atoms with Crippen molar-refractivity contribution < 1.29 is 13.2 Å². The third-order valence-corrected chi connectivity index (χ3v) is 6.43. The van der Waals surface area contributed by atoms with Gasteiger partial charge in [-0.05, 0) is 48.9 Å². The molecule has 1 heterocycles. The number of halogens is 1. The smallest absolute Gasteiger partial charge is 0.264 e. The lowest BCUT2D eigenvalue weighted by Crippen LogP contribution is -2.28. The molecule has 152 valence electrons. The Morgan fingerprint density at radius 2 is 1.97 bits per heavy atom. The van der Waals surface area contributed by atoms with E-state index in [0.717, 1.165) is 17.3 Å². The fourth-order valence-corrected chi connectivity index (χ4v) is 4.04. The van der Waals surface area contributed by atoms with Crippen molar-refractivity contribution in [3.63, 3.8) is 0 Å². The molecule has 3 rings (SSSR count). The molecular formula is C20H21ClN4O3S. The monoisotopic (exact) mass is 432 g/mol. The quantitative estimate of drug-likeness (QED) is 0.554. The van der Waals surface area contributed by atoms with Crippen molar-refractivity contribution in [1.29, 1.82) is 0 Å². The zero-order valence-electron chi connectivity index (χ0n) is 15.8. The topological polar surface area (TPSA) is 84.3 Å². The van der Waals surface area contributed by atoms with E-state index in [4.69, 9.17) is 11.6 Å². The van der Waals surface area contributed by atoms with Gasteiger partial charge < -0.3 is 9.88 Å². The van der Waals surface area contributed by atoms with Gasteiger partial charge in [-0.15, -0.1) is 0 Å². The van der Waals surface area contributed by atoms with E-state index >= 15 is 0 Å². The highest BCUT2D eigenvalue weighted by molar-refractivity contribution is 7.92. The fraction of sp³-hybridized carbons (Fsp3) is 0.200. The van der Waals surface area contributed by atoms with Gasteiger partial charge in [0, 0.05) is 43.1 Å². The predicted octanol–water partition coefficient (Wildman–Crippen LogP) is 3.18. The summed E-state index contributed by atoms with van der Waals surface area (Å²) in [6.45, 7) is 1.25. The van der Waals surface area contributed by atoms with Gasteiger partial charge in [-0.2, -0.15) is 0 Å². The third-order valence-electron chi connectivity index (χ3n) is 4.38. The van der Waals surface area contributed by atoms with Crippen LogP contribution in [0.1, 0.15) is 16.8 Å². The van der Waals surface area contributed by atoms with Crippen molar-refractivity contribution >= 4 is 33.2 Å². The highest BCUT2D eigenvalue weighted by Crippen LogP contribution is 2.24. The van der Waals surface area contributed by atoms with Crippen molar-refractivity contribution in [3.8, 4) is 0 Å². The largest absolute Gasteiger partial charge is 0.352 e. The van der Waals surface area contributed by atoms with Crippen molar-refractivity contribution in [2.45, 2.75) is 17.9 Å². The number of anilines is 1. The molecule has 0 spiro atoms. The van der Waals surface area contributed by atoms with E-state index in [1.165, 1.54) is 31.3 Å². The van der Waals surface area contributed by atoms with Gasteiger partial charge in [-0.3, -0.25) is 9.10 Å². The Balaban J connectivity index is 1.66. The molecular weight excluding hydrogens is 412 g/mol. The highest BCUT2D eigenvalue weighted by Gasteiger charge is 2.22. The van der Waals surface area contributed by atoms with Gasteiger partial charge in [0.25, 0.3) is 15.9 Å². The van der Waals surface area contributed by atoms with Gasteiger partial charge in [0.15, 0.2) is 0 Å². The summed E-state index contributed by atoms with van der Waals surface area (Å²) in [6, 6.07) is 12.4. The van der Waals surface area contributed by atoms with Crippen molar-refractivity contribution in [3.05, 3.63) is 77.8 Å². The van der Waals surface area contributed by atoms with Gasteiger partial charge in [0.05, 0.1) is 16.9 Å². The number of sulfonamides is 1. The van der Waals surface area contributed by atoms with E-state index in [0.29, 0.717) is 22.8 Å². The number of carbonyl (C=O) groups is 1. The Hall–Kier alpha value is -2.84. The highest BCUT2D eigenvalue weighted by atomic mass is 35.5. The van der Waals surface area contributed by atoms with E-state index in [1.54, 1.807) is 36.8 Å². The third kappa shape index (κ3) is 5.16. The van der Waals surface area contributed by atoms with Crippen LogP contribution in [0.3, 0.4) is 0 Å². The molecule has 0 fully saturated rings. The Morgan fingerprint density at radius 3 is 2.66 bits per heavy atom. The Labute approximate surface area is 175 Å². The first kappa shape index (κ1) is 20.9. The lowest BCUT2D eigenvalue weighted by molar-refractivity contribution is 0.0952. The summed E-state index contributed by atoms with van der Waals surface area (Å²) in [5, 5.41) is 3.31. The molecule has 1 N–H and O–H groups in total. The lowest BCUT2D eigenvalue weighted by Gasteiger charge is -2.20. The van der Waals surface area contributed by atoms with Crippen LogP contribution in [0, 0.1) is 0 Å². The van der Waals surface area contributed by atoms with Crippen LogP contribution < -0.4 is 9.62 Å². The van der Waals surface area contributed by atoms with E-state index < -0.39 is 10.0 Å². The maximum atomic E-state index is 12.8. The summed E-state index contributed by atoms with van der Waals surface area (Å²) in [4.78, 5) is 16.5. The molecule has 2 aromatic carbocycles. The maximum absolute atomic E-state index is 12.8. The zero-order chi connectivity index (χ0) is 20.9. The molecule has 1 aromatic heterocycles. The second-order valence-corrected chi connectivity index (χ2v) is 8.79. The standard InChI is InChI=1S/C20H21ClN4O3S/c1-24(29(27,28)19-8-6-17(21)7-9-19)18-5-2-4-16(14-18)20(26)23-10-3-12-25-13-11-22-15-25/h2,4-9,11,13-15H,3,10,12H2,1H3,(H,23,26). The minimum absolute atomic E-state index is 0.124. The van der Waals surface area contributed by atoms with E-state index in [1.807, 2.05) is 10.8 Å². The summed E-state index contributed by atoms with van der Waals surface area (Å²) < 4.78 is 28.7. The maximum Gasteiger partial charge on any atom is 0.264 e. The van der Waals surface area contributed by atoms with Crippen LogP contribution in [0.4, 0.5) is 5.69 Å². The van der Waals surface area contributed by atoms with Gasteiger partial charge >= 0.3 is 0 Å². The number of benzene rings is 2. The van der Waals surface area contributed by atoms with Crippen LogP contribution in [0.2, 0.25) is 5.02 Å². The number of hydrogen-bond acceptors (Lipinski definition) is 4. The minimum Gasteiger partial charge on any atom is -0.352 e. The second kappa shape index (κ2) is 9.11. The first-order valence-corrected chi connectivity index (χ1v) is 10.8. The summed E-state index contributed by atoms with van der Waals surface area (Å²) in [6.07, 6.45) is 6.05. The number of carbonyl (C=O) groups excluding carboxylic acids is 1. The van der Waals surface area contributed by atoms with E-state index in [9.17, 15) is 13.2 Å².